The molecule has 0 aliphatic heterocycles. The van der Waals surface area contributed by atoms with Gasteiger partial charge in [0.15, 0.2) is 0 Å². The SMILES string of the molecule is CCC1(O)CC(C(=O)OC)(c2cc(Cl)ccc2OC)C1. The van der Waals surface area contributed by atoms with Crippen molar-refractivity contribution in [3.8, 4) is 5.75 Å². The predicted molar refractivity (Wildman–Crippen MR) is 76.2 cm³/mol. The summed E-state index contributed by atoms with van der Waals surface area (Å²) in [6, 6.07) is 5.15. The van der Waals surface area contributed by atoms with E-state index in [1.54, 1.807) is 25.3 Å². The molecule has 0 unspecified atom stereocenters. The molecule has 20 heavy (non-hydrogen) atoms. The average Bonchev–Trinajstić information content (AvgIpc) is 2.42. The Morgan fingerprint density at radius 2 is 2.05 bits per heavy atom. The lowest BCUT2D eigenvalue weighted by molar-refractivity contribution is -0.168. The van der Waals surface area contributed by atoms with E-state index in [4.69, 9.17) is 21.1 Å². The Morgan fingerprint density at radius 1 is 1.40 bits per heavy atom. The molecule has 0 aromatic heterocycles. The van der Waals surface area contributed by atoms with Crippen molar-refractivity contribution in [2.24, 2.45) is 0 Å². The number of hydrogen-bond donors (Lipinski definition) is 1. The molecule has 0 heterocycles. The molecule has 1 N–H and O–H groups in total. The smallest absolute Gasteiger partial charge is 0.316 e. The van der Waals surface area contributed by atoms with Crippen molar-refractivity contribution < 1.29 is 19.4 Å². The van der Waals surface area contributed by atoms with Crippen LogP contribution in [0.25, 0.3) is 0 Å². The van der Waals surface area contributed by atoms with E-state index in [0.29, 0.717) is 35.6 Å². The average molecular weight is 299 g/mol. The van der Waals surface area contributed by atoms with E-state index in [9.17, 15) is 9.90 Å². The minimum absolute atomic E-state index is 0.319. The fourth-order valence-electron chi connectivity index (χ4n) is 3.02. The van der Waals surface area contributed by atoms with Crippen LogP contribution in [0.5, 0.6) is 5.75 Å². The zero-order valence-corrected chi connectivity index (χ0v) is 12.7. The Kier molecular flexibility index (Phi) is 3.98. The quantitative estimate of drug-likeness (QED) is 0.868. The fraction of sp³-hybridized carbons (Fsp3) is 0.533. The van der Waals surface area contributed by atoms with Crippen LogP contribution in [0.2, 0.25) is 5.02 Å². The summed E-state index contributed by atoms with van der Waals surface area (Å²) in [6.45, 7) is 1.90. The van der Waals surface area contributed by atoms with Crippen molar-refractivity contribution in [2.45, 2.75) is 37.2 Å². The van der Waals surface area contributed by atoms with Crippen LogP contribution >= 0.6 is 11.6 Å². The molecule has 0 bridgehead atoms. The number of hydrogen-bond acceptors (Lipinski definition) is 4. The highest BCUT2D eigenvalue weighted by Gasteiger charge is 2.60. The molecule has 110 valence electrons. The zero-order chi connectivity index (χ0) is 15.0. The largest absolute Gasteiger partial charge is 0.496 e. The molecule has 1 saturated carbocycles. The predicted octanol–water partition coefficient (Wildman–Crippen LogP) is 2.69. The van der Waals surface area contributed by atoms with Crippen LogP contribution in [0, 0.1) is 0 Å². The molecule has 1 aromatic rings. The molecule has 0 amide bonds. The molecule has 0 radical (unpaired) electrons. The lowest BCUT2D eigenvalue weighted by Gasteiger charge is -2.51. The molecule has 5 heteroatoms. The van der Waals surface area contributed by atoms with E-state index in [1.807, 2.05) is 6.92 Å². The minimum atomic E-state index is -0.879. The molecule has 1 aliphatic rings. The number of ether oxygens (including phenoxy) is 2. The van der Waals surface area contributed by atoms with Crippen molar-refractivity contribution in [2.75, 3.05) is 14.2 Å². The second-order valence-electron chi connectivity index (χ2n) is 5.35. The number of methoxy groups -OCH3 is 2. The minimum Gasteiger partial charge on any atom is -0.496 e. The molecular weight excluding hydrogens is 280 g/mol. The van der Waals surface area contributed by atoms with Crippen LogP contribution in [0.3, 0.4) is 0 Å². The van der Waals surface area contributed by atoms with E-state index in [-0.39, 0.29) is 5.97 Å². The van der Waals surface area contributed by atoms with E-state index < -0.39 is 11.0 Å². The van der Waals surface area contributed by atoms with Crippen LogP contribution in [0.4, 0.5) is 0 Å². The van der Waals surface area contributed by atoms with Gasteiger partial charge in [-0.15, -0.1) is 0 Å². The number of aliphatic hydroxyl groups is 1. The van der Waals surface area contributed by atoms with E-state index in [0.717, 1.165) is 0 Å². The first-order chi connectivity index (χ1) is 9.40. The summed E-state index contributed by atoms with van der Waals surface area (Å²) in [5.74, 6) is 0.217. The number of esters is 1. The first-order valence-corrected chi connectivity index (χ1v) is 6.93. The third-order valence-corrected chi connectivity index (χ3v) is 4.41. The van der Waals surface area contributed by atoms with Crippen molar-refractivity contribution in [3.63, 3.8) is 0 Å². The van der Waals surface area contributed by atoms with Crippen molar-refractivity contribution >= 4 is 17.6 Å². The van der Waals surface area contributed by atoms with Crippen molar-refractivity contribution in [1.29, 1.82) is 0 Å². The molecule has 1 aromatic carbocycles. The molecule has 0 saturated heterocycles. The van der Waals surface area contributed by atoms with Gasteiger partial charge in [0.25, 0.3) is 0 Å². The molecule has 0 spiro atoms. The first kappa shape index (κ1) is 15.1. The van der Waals surface area contributed by atoms with Gasteiger partial charge < -0.3 is 14.6 Å². The zero-order valence-electron chi connectivity index (χ0n) is 11.9. The van der Waals surface area contributed by atoms with Crippen LogP contribution in [0.1, 0.15) is 31.7 Å². The highest BCUT2D eigenvalue weighted by atomic mass is 35.5. The third kappa shape index (κ3) is 2.27. The second kappa shape index (κ2) is 5.26. The topological polar surface area (TPSA) is 55.8 Å². The summed E-state index contributed by atoms with van der Waals surface area (Å²) in [5.41, 5.74) is -1.03. The number of halogens is 1. The normalized spacial score (nSPS) is 28.6. The molecule has 0 atom stereocenters. The molecular formula is C15H19ClO4. The number of carbonyl (C=O) groups excluding carboxylic acids is 1. The maximum absolute atomic E-state index is 12.3. The monoisotopic (exact) mass is 298 g/mol. The van der Waals surface area contributed by atoms with Crippen LogP contribution in [-0.4, -0.2) is 30.9 Å². The lowest BCUT2D eigenvalue weighted by atomic mass is 9.55. The maximum Gasteiger partial charge on any atom is 0.316 e. The number of benzene rings is 1. The summed E-state index contributed by atoms with van der Waals surface area (Å²) in [4.78, 5) is 12.3. The van der Waals surface area contributed by atoms with Gasteiger partial charge in [-0.1, -0.05) is 18.5 Å². The standard InChI is InChI=1S/C15H19ClO4/c1-4-14(18)8-15(9-14,13(17)20-3)11-7-10(16)5-6-12(11)19-2/h5-7,18H,4,8-9H2,1-3H3. The Labute approximate surface area is 123 Å². The fourth-order valence-corrected chi connectivity index (χ4v) is 3.19. The summed E-state index contributed by atoms with van der Waals surface area (Å²) < 4.78 is 10.3. The van der Waals surface area contributed by atoms with Crippen molar-refractivity contribution in [1.82, 2.24) is 0 Å². The highest BCUT2D eigenvalue weighted by Crippen LogP contribution is 2.55. The molecule has 4 nitrogen and oxygen atoms in total. The Morgan fingerprint density at radius 3 is 2.55 bits per heavy atom. The maximum atomic E-state index is 12.3. The van der Waals surface area contributed by atoms with Crippen LogP contribution < -0.4 is 4.74 Å². The Bertz CT molecular complexity index is 521. The van der Waals surface area contributed by atoms with Crippen LogP contribution in [0.15, 0.2) is 18.2 Å². The van der Waals surface area contributed by atoms with Gasteiger partial charge in [-0.2, -0.15) is 0 Å². The van der Waals surface area contributed by atoms with E-state index >= 15 is 0 Å². The second-order valence-corrected chi connectivity index (χ2v) is 5.79. The first-order valence-electron chi connectivity index (χ1n) is 6.55. The van der Waals surface area contributed by atoms with Gasteiger partial charge in [-0.05, 0) is 37.5 Å². The molecule has 2 rings (SSSR count). The highest BCUT2D eigenvalue weighted by molar-refractivity contribution is 6.30. The van der Waals surface area contributed by atoms with E-state index in [1.165, 1.54) is 7.11 Å². The molecule has 1 fully saturated rings. The summed E-state index contributed by atoms with van der Waals surface area (Å²) in [5, 5.41) is 10.8. The lowest BCUT2D eigenvalue weighted by Crippen LogP contribution is -2.58. The van der Waals surface area contributed by atoms with Crippen molar-refractivity contribution in [3.05, 3.63) is 28.8 Å². The van der Waals surface area contributed by atoms with Gasteiger partial charge in [0.1, 0.15) is 11.2 Å². The van der Waals surface area contributed by atoms with Gasteiger partial charge >= 0.3 is 5.97 Å². The van der Waals surface area contributed by atoms with Crippen LogP contribution in [-0.2, 0) is 14.9 Å². The Balaban J connectivity index is 2.49. The van der Waals surface area contributed by atoms with Gasteiger partial charge in [-0.3, -0.25) is 4.79 Å². The summed E-state index contributed by atoms with van der Waals surface area (Å²) in [7, 11) is 2.90. The van der Waals surface area contributed by atoms with Gasteiger partial charge in [0.05, 0.1) is 19.8 Å². The number of rotatable bonds is 4. The van der Waals surface area contributed by atoms with Gasteiger partial charge in [0, 0.05) is 10.6 Å². The molecule has 1 aliphatic carbocycles. The number of carbonyl (C=O) groups is 1. The summed E-state index contributed by atoms with van der Waals surface area (Å²) >= 11 is 6.04. The third-order valence-electron chi connectivity index (χ3n) is 4.17. The van der Waals surface area contributed by atoms with Gasteiger partial charge in [0.2, 0.25) is 0 Å². The summed E-state index contributed by atoms with van der Waals surface area (Å²) in [6.07, 6.45) is 1.23. The Hall–Kier alpha value is -1.26. The van der Waals surface area contributed by atoms with Gasteiger partial charge in [-0.25, -0.2) is 0 Å². The van der Waals surface area contributed by atoms with E-state index in [2.05, 4.69) is 0 Å².